The van der Waals surface area contributed by atoms with Gasteiger partial charge in [0, 0.05) is 19.0 Å². The highest BCUT2D eigenvalue weighted by Crippen LogP contribution is 2.31. The van der Waals surface area contributed by atoms with Gasteiger partial charge in [-0.15, -0.1) is 0 Å². The van der Waals surface area contributed by atoms with E-state index in [2.05, 4.69) is 38.8 Å². The molecule has 1 atom stereocenters. The number of H-pyrrole nitrogens is 1. The largest absolute Gasteiger partial charge is 0.432 e. The van der Waals surface area contributed by atoms with Crippen LogP contribution in [0.15, 0.2) is 12.5 Å². The molecule has 0 spiro atoms. The number of alkyl halides is 3. The summed E-state index contributed by atoms with van der Waals surface area (Å²) in [6.45, 7) is 7.27. The highest BCUT2D eigenvalue weighted by molar-refractivity contribution is 5.09. The zero-order valence-corrected chi connectivity index (χ0v) is 14.4. The average Bonchev–Trinajstić information content (AvgIpc) is 3.17. The number of hydrogen-bond acceptors (Lipinski definition) is 4. The third-order valence-electron chi connectivity index (χ3n) is 4.39. The number of nitrogens with zero attached hydrogens (tertiary/aromatic N) is 5. The normalized spacial score (nSPS) is 19.7. The smallest absolute Gasteiger partial charge is 0.338 e. The van der Waals surface area contributed by atoms with Gasteiger partial charge in [0.15, 0.2) is 0 Å². The lowest BCUT2D eigenvalue weighted by Gasteiger charge is -2.31. The zero-order valence-electron chi connectivity index (χ0n) is 14.4. The second kappa shape index (κ2) is 7.15. The van der Waals surface area contributed by atoms with Crippen LogP contribution in [0, 0.1) is 5.92 Å². The van der Waals surface area contributed by atoms with Crippen molar-refractivity contribution in [2.45, 2.75) is 51.9 Å². The van der Waals surface area contributed by atoms with Crippen LogP contribution in [0.4, 0.5) is 13.2 Å². The minimum Gasteiger partial charge on any atom is -0.338 e. The van der Waals surface area contributed by atoms with Crippen molar-refractivity contribution in [1.29, 1.82) is 0 Å². The Morgan fingerprint density at radius 1 is 1.32 bits per heavy atom. The molecule has 138 valence electrons. The highest BCUT2D eigenvalue weighted by atomic mass is 19.4. The van der Waals surface area contributed by atoms with Crippen molar-refractivity contribution in [3.05, 3.63) is 29.9 Å². The van der Waals surface area contributed by atoms with Crippen molar-refractivity contribution in [3.63, 3.8) is 0 Å². The lowest BCUT2D eigenvalue weighted by Crippen LogP contribution is -2.35. The Kier molecular flexibility index (Phi) is 5.12. The molecule has 6 nitrogen and oxygen atoms in total. The molecule has 0 bridgehead atoms. The topological polar surface area (TPSA) is 62.6 Å². The summed E-state index contributed by atoms with van der Waals surface area (Å²) in [6.07, 6.45) is -0.188. The fourth-order valence-corrected chi connectivity index (χ4v) is 3.22. The number of rotatable bonds is 5. The van der Waals surface area contributed by atoms with Crippen LogP contribution in [-0.2, 0) is 19.3 Å². The van der Waals surface area contributed by atoms with E-state index in [0.717, 1.165) is 38.0 Å². The van der Waals surface area contributed by atoms with Gasteiger partial charge in [-0.3, -0.25) is 4.90 Å². The van der Waals surface area contributed by atoms with Crippen molar-refractivity contribution in [2.24, 2.45) is 5.92 Å². The van der Waals surface area contributed by atoms with Crippen LogP contribution < -0.4 is 0 Å². The lowest BCUT2D eigenvalue weighted by atomic mass is 9.97. The Hall–Kier alpha value is -1.90. The number of likely N-dealkylation sites (tertiary alicyclic amines) is 1. The molecule has 25 heavy (non-hydrogen) atoms. The predicted molar refractivity (Wildman–Crippen MR) is 85.7 cm³/mol. The van der Waals surface area contributed by atoms with Crippen molar-refractivity contribution in [3.8, 4) is 0 Å². The summed E-state index contributed by atoms with van der Waals surface area (Å²) < 4.78 is 40.1. The number of imidazole rings is 1. The molecule has 0 amide bonds. The van der Waals surface area contributed by atoms with Crippen LogP contribution in [0.25, 0.3) is 0 Å². The van der Waals surface area contributed by atoms with E-state index in [1.54, 1.807) is 6.33 Å². The molecule has 0 radical (unpaired) electrons. The molecular formula is C16H23F3N6. The molecule has 1 aliphatic rings. The summed E-state index contributed by atoms with van der Waals surface area (Å²) >= 11 is 0. The van der Waals surface area contributed by atoms with Crippen molar-refractivity contribution in [1.82, 2.24) is 29.6 Å². The van der Waals surface area contributed by atoms with Gasteiger partial charge in [-0.2, -0.15) is 18.3 Å². The number of halogens is 3. The fraction of sp³-hybridized carbons (Fsp3) is 0.688. The quantitative estimate of drug-likeness (QED) is 0.894. The first-order valence-corrected chi connectivity index (χ1v) is 8.54. The second-order valence-electron chi connectivity index (χ2n) is 7.01. The maximum Gasteiger partial charge on any atom is 0.432 e. The van der Waals surface area contributed by atoms with Crippen LogP contribution in [-0.4, -0.2) is 42.7 Å². The number of nitrogens with one attached hydrogen (secondary N) is 1. The Morgan fingerprint density at radius 3 is 2.80 bits per heavy atom. The molecular weight excluding hydrogens is 333 g/mol. The summed E-state index contributed by atoms with van der Waals surface area (Å²) in [5.41, 5.74) is -0.781. The Labute approximate surface area is 144 Å². The Bertz CT molecular complexity index is 690. The fourth-order valence-electron chi connectivity index (χ4n) is 3.22. The van der Waals surface area contributed by atoms with Gasteiger partial charge in [0.1, 0.15) is 23.7 Å². The third kappa shape index (κ3) is 4.39. The summed E-state index contributed by atoms with van der Waals surface area (Å²) in [5.74, 6) is 1.76. The molecule has 1 fully saturated rings. The SMILES string of the molecule is CC(C)Cn1ncnc1CN1CCCC(c2ncc(C(F)(F)F)[nH]2)C1. The van der Waals surface area contributed by atoms with Gasteiger partial charge in [-0.05, 0) is 25.3 Å². The van der Waals surface area contributed by atoms with Crippen LogP contribution in [0.2, 0.25) is 0 Å². The van der Waals surface area contributed by atoms with Gasteiger partial charge in [0.2, 0.25) is 0 Å². The minimum absolute atomic E-state index is 0.0219. The number of aromatic amines is 1. The Balaban J connectivity index is 1.65. The van der Waals surface area contributed by atoms with E-state index < -0.39 is 11.9 Å². The van der Waals surface area contributed by atoms with Gasteiger partial charge in [0.25, 0.3) is 0 Å². The summed E-state index contributed by atoms with van der Waals surface area (Å²) in [5, 5.41) is 4.26. The third-order valence-corrected chi connectivity index (χ3v) is 4.39. The molecule has 1 unspecified atom stereocenters. The van der Waals surface area contributed by atoms with Crippen molar-refractivity contribution in [2.75, 3.05) is 13.1 Å². The molecule has 0 saturated carbocycles. The van der Waals surface area contributed by atoms with Gasteiger partial charge in [0.05, 0.1) is 12.7 Å². The number of aromatic nitrogens is 5. The molecule has 1 aliphatic heterocycles. The van der Waals surface area contributed by atoms with Crippen LogP contribution in [0.5, 0.6) is 0 Å². The molecule has 0 aliphatic carbocycles. The molecule has 2 aromatic heterocycles. The maximum atomic E-state index is 12.7. The molecule has 1 saturated heterocycles. The first kappa shape index (κ1) is 17.9. The van der Waals surface area contributed by atoms with Crippen LogP contribution in [0.3, 0.4) is 0 Å². The number of piperidine rings is 1. The molecule has 2 aromatic rings. The summed E-state index contributed by atoms with van der Waals surface area (Å²) in [4.78, 5) is 13.0. The van der Waals surface area contributed by atoms with Gasteiger partial charge in [-0.1, -0.05) is 13.8 Å². The summed E-state index contributed by atoms with van der Waals surface area (Å²) in [6, 6.07) is 0. The first-order chi connectivity index (χ1) is 11.8. The van der Waals surface area contributed by atoms with Gasteiger partial charge in [-0.25, -0.2) is 14.6 Å². The second-order valence-corrected chi connectivity index (χ2v) is 7.01. The van der Waals surface area contributed by atoms with E-state index in [0.29, 0.717) is 24.8 Å². The molecule has 9 heteroatoms. The van der Waals surface area contributed by atoms with Crippen molar-refractivity contribution >= 4 is 0 Å². The van der Waals surface area contributed by atoms with E-state index in [4.69, 9.17) is 0 Å². The molecule has 1 N–H and O–H groups in total. The molecule has 3 heterocycles. The van der Waals surface area contributed by atoms with Crippen LogP contribution >= 0.6 is 0 Å². The minimum atomic E-state index is -4.38. The van der Waals surface area contributed by atoms with Crippen LogP contribution in [0.1, 0.15) is 49.9 Å². The summed E-state index contributed by atoms with van der Waals surface area (Å²) in [7, 11) is 0. The van der Waals surface area contributed by atoms with E-state index in [9.17, 15) is 13.2 Å². The van der Waals surface area contributed by atoms with E-state index in [1.807, 2.05) is 4.68 Å². The standard InChI is InChI=1S/C16H23F3N6/c1-11(2)7-25-14(21-10-22-25)9-24-5-3-4-12(8-24)15-20-6-13(23-15)16(17,18)19/h6,10-12H,3-5,7-9H2,1-2H3,(H,20,23). The van der Waals surface area contributed by atoms with Crippen molar-refractivity contribution < 1.29 is 13.2 Å². The van der Waals surface area contributed by atoms with E-state index in [-0.39, 0.29) is 5.92 Å². The highest BCUT2D eigenvalue weighted by Gasteiger charge is 2.34. The maximum absolute atomic E-state index is 12.7. The predicted octanol–water partition coefficient (Wildman–Crippen LogP) is 3.06. The Morgan fingerprint density at radius 2 is 2.12 bits per heavy atom. The molecule has 0 aromatic carbocycles. The van der Waals surface area contributed by atoms with E-state index in [1.165, 1.54) is 0 Å². The first-order valence-electron chi connectivity index (χ1n) is 8.54. The van der Waals surface area contributed by atoms with Gasteiger partial charge < -0.3 is 4.98 Å². The average molecular weight is 356 g/mol. The monoisotopic (exact) mass is 356 g/mol. The lowest BCUT2D eigenvalue weighted by molar-refractivity contribution is -0.141. The number of hydrogen-bond donors (Lipinski definition) is 1. The van der Waals surface area contributed by atoms with E-state index >= 15 is 0 Å². The van der Waals surface area contributed by atoms with Gasteiger partial charge >= 0.3 is 6.18 Å². The molecule has 3 rings (SSSR count). The zero-order chi connectivity index (χ0) is 18.0.